The van der Waals surface area contributed by atoms with Crippen LogP contribution in [0.5, 0.6) is 0 Å². The minimum Gasteiger partial charge on any atom is -0.464 e. The van der Waals surface area contributed by atoms with E-state index in [1.165, 1.54) is 13.8 Å². The van der Waals surface area contributed by atoms with Crippen LogP contribution in [-0.4, -0.2) is 47.1 Å². The summed E-state index contributed by atoms with van der Waals surface area (Å²) >= 11 is 0. The van der Waals surface area contributed by atoms with E-state index in [1.54, 1.807) is 6.92 Å². The molecule has 0 fully saturated rings. The molecule has 0 heterocycles. The van der Waals surface area contributed by atoms with Gasteiger partial charge in [-0.05, 0) is 33.6 Å². The molecule has 6 heteroatoms. The summed E-state index contributed by atoms with van der Waals surface area (Å²) < 4.78 is 9.61. The van der Waals surface area contributed by atoms with Gasteiger partial charge < -0.3 is 19.7 Å². The van der Waals surface area contributed by atoms with E-state index in [0.29, 0.717) is 12.8 Å². The van der Waals surface area contributed by atoms with E-state index < -0.39 is 24.1 Å². The van der Waals surface area contributed by atoms with Crippen molar-refractivity contribution in [2.24, 2.45) is 0 Å². The fourth-order valence-corrected chi connectivity index (χ4v) is 1.02. The van der Waals surface area contributed by atoms with Gasteiger partial charge in [-0.25, -0.2) is 9.59 Å². The third kappa shape index (κ3) is 7.70. The molecule has 0 aromatic rings. The number of aliphatic hydroxyl groups is 2. The van der Waals surface area contributed by atoms with Gasteiger partial charge in [0.25, 0.3) is 0 Å². The first-order valence-electron chi connectivity index (χ1n) is 5.57. The first kappa shape index (κ1) is 15.9. The van der Waals surface area contributed by atoms with Gasteiger partial charge in [-0.1, -0.05) is 0 Å². The quantitative estimate of drug-likeness (QED) is 0.486. The van der Waals surface area contributed by atoms with Crippen LogP contribution in [0.1, 0.15) is 33.6 Å². The fourth-order valence-electron chi connectivity index (χ4n) is 1.02. The van der Waals surface area contributed by atoms with E-state index in [9.17, 15) is 9.59 Å². The van der Waals surface area contributed by atoms with Gasteiger partial charge in [-0.3, -0.25) is 0 Å². The van der Waals surface area contributed by atoms with Gasteiger partial charge in [-0.15, -0.1) is 0 Å². The second kappa shape index (κ2) is 8.03. The van der Waals surface area contributed by atoms with Crippen molar-refractivity contribution in [2.75, 3.05) is 6.61 Å². The van der Waals surface area contributed by atoms with Crippen molar-refractivity contribution in [3.63, 3.8) is 0 Å². The zero-order chi connectivity index (χ0) is 13.4. The van der Waals surface area contributed by atoms with E-state index in [-0.39, 0.29) is 12.7 Å². The van der Waals surface area contributed by atoms with Crippen LogP contribution in [-0.2, 0) is 19.1 Å². The first-order valence-corrected chi connectivity index (χ1v) is 5.57. The molecule has 0 rings (SSSR count). The molecule has 0 saturated heterocycles. The van der Waals surface area contributed by atoms with Crippen molar-refractivity contribution in [2.45, 2.75) is 51.9 Å². The normalized spacial score (nSPS) is 15.8. The molecule has 0 radical (unpaired) electrons. The van der Waals surface area contributed by atoms with Crippen LogP contribution in [0, 0.1) is 0 Å². The lowest BCUT2D eigenvalue weighted by molar-refractivity contribution is -0.158. The molecule has 0 aliphatic carbocycles. The molecule has 3 atom stereocenters. The van der Waals surface area contributed by atoms with Crippen LogP contribution in [0.15, 0.2) is 0 Å². The summed E-state index contributed by atoms with van der Waals surface area (Å²) in [6, 6.07) is 0. The van der Waals surface area contributed by atoms with Gasteiger partial charge in [-0.2, -0.15) is 0 Å². The van der Waals surface area contributed by atoms with Crippen molar-refractivity contribution >= 4 is 11.9 Å². The topological polar surface area (TPSA) is 93.1 Å². The molecule has 0 aliphatic heterocycles. The summed E-state index contributed by atoms with van der Waals surface area (Å²) in [5, 5.41) is 17.7. The molecular formula is C11H20O6. The number of carbonyl (C=O) groups is 2. The largest absolute Gasteiger partial charge is 0.464 e. The highest BCUT2D eigenvalue weighted by molar-refractivity contribution is 5.74. The van der Waals surface area contributed by atoms with Crippen molar-refractivity contribution < 1.29 is 29.3 Å². The van der Waals surface area contributed by atoms with E-state index in [0.717, 1.165) is 0 Å². The van der Waals surface area contributed by atoms with Crippen molar-refractivity contribution in [3.8, 4) is 0 Å². The van der Waals surface area contributed by atoms with Crippen molar-refractivity contribution in [1.82, 2.24) is 0 Å². The molecule has 100 valence electrons. The van der Waals surface area contributed by atoms with Crippen LogP contribution < -0.4 is 0 Å². The summed E-state index contributed by atoms with van der Waals surface area (Å²) in [6.07, 6.45) is -1.56. The Morgan fingerprint density at radius 3 is 2.06 bits per heavy atom. The Hall–Kier alpha value is -1.14. The monoisotopic (exact) mass is 248 g/mol. The SMILES string of the molecule is CC(CCCOC(=O)C(C)O)OC(=O)C(C)O. The van der Waals surface area contributed by atoms with Crippen LogP contribution in [0.4, 0.5) is 0 Å². The molecule has 2 N–H and O–H groups in total. The minimum atomic E-state index is -1.13. The summed E-state index contributed by atoms with van der Waals surface area (Å²) in [5.74, 6) is -1.34. The van der Waals surface area contributed by atoms with Gasteiger partial charge in [0, 0.05) is 0 Å². The second-order valence-electron chi connectivity index (χ2n) is 3.91. The molecule has 0 bridgehead atoms. The molecule has 0 aliphatic rings. The fraction of sp³-hybridized carbons (Fsp3) is 0.818. The van der Waals surface area contributed by atoms with E-state index in [2.05, 4.69) is 0 Å². The molecule has 17 heavy (non-hydrogen) atoms. The van der Waals surface area contributed by atoms with Gasteiger partial charge in [0.05, 0.1) is 12.7 Å². The third-order valence-corrected chi connectivity index (χ3v) is 2.00. The maximum absolute atomic E-state index is 11.0. The Labute approximate surface area is 101 Å². The molecule has 0 saturated carbocycles. The zero-order valence-corrected chi connectivity index (χ0v) is 10.4. The molecule has 0 aromatic carbocycles. The lowest BCUT2D eigenvalue weighted by Crippen LogP contribution is -2.25. The predicted molar refractivity (Wildman–Crippen MR) is 59.1 cm³/mol. The molecule has 0 amide bonds. The number of ether oxygens (including phenoxy) is 2. The standard InChI is InChI=1S/C11H20O6/c1-7(17-11(15)9(3)13)5-4-6-16-10(14)8(2)12/h7-9,12-13H,4-6H2,1-3H3. The number of rotatable bonds is 7. The molecule has 6 nitrogen and oxygen atoms in total. The van der Waals surface area contributed by atoms with E-state index >= 15 is 0 Å². The zero-order valence-electron chi connectivity index (χ0n) is 10.4. The highest BCUT2D eigenvalue weighted by Crippen LogP contribution is 2.04. The summed E-state index contributed by atoms with van der Waals surface area (Å²) in [5.41, 5.74) is 0. The van der Waals surface area contributed by atoms with Crippen molar-refractivity contribution in [1.29, 1.82) is 0 Å². The van der Waals surface area contributed by atoms with Gasteiger partial charge >= 0.3 is 11.9 Å². The summed E-state index contributed by atoms with van der Waals surface area (Å²) in [4.78, 5) is 21.9. The molecule has 3 unspecified atom stereocenters. The summed E-state index contributed by atoms with van der Waals surface area (Å²) in [7, 11) is 0. The van der Waals surface area contributed by atoms with E-state index in [4.69, 9.17) is 19.7 Å². The molecule has 0 spiro atoms. The Morgan fingerprint density at radius 1 is 1.06 bits per heavy atom. The van der Waals surface area contributed by atoms with Crippen molar-refractivity contribution in [3.05, 3.63) is 0 Å². The minimum absolute atomic E-state index is 0.167. The Balaban J connectivity index is 3.62. The first-order chi connectivity index (χ1) is 7.84. The number of esters is 2. The van der Waals surface area contributed by atoms with Crippen LogP contribution >= 0.6 is 0 Å². The highest BCUT2D eigenvalue weighted by atomic mass is 16.6. The average Bonchev–Trinajstić information content (AvgIpc) is 2.23. The van der Waals surface area contributed by atoms with Crippen LogP contribution in [0.3, 0.4) is 0 Å². The number of aliphatic hydroxyl groups excluding tert-OH is 2. The lowest BCUT2D eigenvalue weighted by Gasteiger charge is -2.14. The smallest absolute Gasteiger partial charge is 0.334 e. The molecule has 0 aromatic heterocycles. The number of hydrogen-bond donors (Lipinski definition) is 2. The van der Waals surface area contributed by atoms with Crippen LogP contribution in [0.25, 0.3) is 0 Å². The average molecular weight is 248 g/mol. The third-order valence-electron chi connectivity index (χ3n) is 2.00. The Morgan fingerprint density at radius 2 is 1.59 bits per heavy atom. The predicted octanol–water partition coefficient (Wildman–Crippen LogP) is 0.00310. The maximum Gasteiger partial charge on any atom is 0.334 e. The second-order valence-corrected chi connectivity index (χ2v) is 3.91. The van der Waals surface area contributed by atoms with Gasteiger partial charge in [0.1, 0.15) is 12.2 Å². The van der Waals surface area contributed by atoms with E-state index in [1.807, 2.05) is 0 Å². The molecular weight excluding hydrogens is 228 g/mol. The maximum atomic E-state index is 11.0. The Bertz CT molecular complexity index is 248. The number of carbonyl (C=O) groups excluding carboxylic acids is 2. The van der Waals surface area contributed by atoms with Gasteiger partial charge in [0.2, 0.25) is 0 Å². The van der Waals surface area contributed by atoms with Gasteiger partial charge in [0.15, 0.2) is 0 Å². The highest BCUT2D eigenvalue weighted by Gasteiger charge is 2.15. The number of hydrogen-bond acceptors (Lipinski definition) is 6. The summed E-state index contributed by atoms with van der Waals surface area (Å²) in [6.45, 7) is 4.52. The lowest BCUT2D eigenvalue weighted by atomic mass is 10.2. The Kier molecular flexibility index (Phi) is 7.49. The van der Waals surface area contributed by atoms with Crippen LogP contribution in [0.2, 0.25) is 0 Å².